The van der Waals surface area contributed by atoms with E-state index >= 15 is 0 Å². The van der Waals surface area contributed by atoms with Gasteiger partial charge >= 0.3 is 0 Å². The van der Waals surface area contributed by atoms with Gasteiger partial charge in [0, 0.05) is 24.8 Å². The van der Waals surface area contributed by atoms with Crippen molar-refractivity contribution in [3.63, 3.8) is 0 Å². The highest BCUT2D eigenvalue weighted by atomic mass is 16.2. The maximum Gasteiger partial charge on any atom is 0.241 e. The standard InChI is InChI=1S/C15H26N4O/c1-10(2)12-6-4-5-7-13(12)18-15(20)14(16)11-8-17-19(3)9-11/h8-10,12-14H,4-7,16H2,1-3H3,(H,18,20). The van der Waals surface area contributed by atoms with E-state index in [4.69, 9.17) is 5.73 Å². The molecule has 3 N–H and O–H groups in total. The number of nitrogens with two attached hydrogens (primary N) is 1. The van der Waals surface area contributed by atoms with E-state index in [-0.39, 0.29) is 11.9 Å². The van der Waals surface area contributed by atoms with E-state index in [2.05, 4.69) is 24.3 Å². The SMILES string of the molecule is CC(C)C1CCCCC1NC(=O)C(N)c1cnn(C)c1. The molecule has 5 heteroatoms. The highest BCUT2D eigenvalue weighted by Gasteiger charge is 2.30. The van der Waals surface area contributed by atoms with E-state index in [1.54, 1.807) is 17.1 Å². The Morgan fingerprint density at radius 2 is 2.15 bits per heavy atom. The number of carbonyl (C=O) groups excluding carboxylic acids is 1. The molecule has 1 aliphatic carbocycles. The minimum absolute atomic E-state index is 0.0875. The van der Waals surface area contributed by atoms with E-state index < -0.39 is 6.04 Å². The number of hydrogen-bond acceptors (Lipinski definition) is 3. The molecule has 1 aromatic heterocycles. The molecule has 5 nitrogen and oxygen atoms in total. The Labute approximate surface area is 120 Å². The van der Waals surface area contributed by atoms with Gasteiger partial charge in [0.15, 0.2) is 0 Å². The summed E-state index contributed by atoms with van der Waals surface area (Å²) in [4.78, 5) is 12.3. The minimum Gasteiger partial charge on any atom is -0.351 e. The molecule has 1 aromatic rings. The van der Waals surface area contributed by atoms with Crippen LogP contribution in [0.4, 0.5) is 0 Å². The average molecular weight is 278 g/mol. The van der Waals surface area contributed by atoms with Gasteiger partial charge in [-0.25, -0.2) is 0 Å². The predicted octanol–water partition coefficient (Wildman–Crippen LogP) is 1.75. The fourth-order valence-electron chi connectivity index (χ4n) is 3.16. The van der Waals surface area contributed by atoms with Gasteiger partial charge in [-0.3, -0.25) is 9.48 Å². The topological polar surface area (TPSA) is 72.9 Å². The number of nitrogens with zero attached hydrogens (tertiary/aromatic N) is 2. The van der Waals surface area contributed by atoms with Crippen molar-refractivity contribution in [2.24, 2.45) is 24.6 Å². The van der Waals surface area contributed by atoms with Gasteiger partial charge in [-0.1, -0.05) is 26.7 Å². The molecule has 0 aromatic carbocycles. The predicted molar refractivity (Wildman–Crippen MR) is 78.9 cm³/mol. The molecule has 1 aliphatic rings. The third kappa shape index (κ3) is 3.39. The Hall–Kier alpha value is -1.36. The van der Waals surface area contributed by atoms with E-state index in [9.17, 15) is 4.79 Å². The van der Waals surface area contributed by atoms with Crippen molar-refractivity contribution in [2.45, 2.75) is 51.6 Å². The van der Waals surface area contributed by atoms with Crippen LogP contribution in [0.1, 0.15) is 51.1 Å². The summed E-state index contributed by atoms with van der Waals surface area (Å²) < 4.78 is 1.67. The van der Waals surface area contributed by atoms with Crippen molar-refractivity contribution in [1.82, 2.24) is 15.1 Å². The third-order valence-corrected chi connectivity index (χ3v) is 4.37. The number of aromatic nitrogens is 2. The monoisotopic (exact) mass is 278 g/mol. The molecule has 20 heavy (non-hydrogen) atoms. The van der Waals surface area contributed by atoms with Crippen molar-refractivity contribution in [1.29, 1.82) is 0 Å². The van der Waals surface area contributed by atoms with Gasteiger partial charge < -0.3 is 11.1 Å². The molecule has 0 radical (unpaired) electrons. The second kappa shape index (κ2) is 6.39. The minimum atomic E-state index is -0.626. The second-order valence-electron chi connectivity index (χ2n) is 6.23. The summed E-state index contributed by atoms with van der Waals surface area (Å²) in [6.07, 6.45) is 8.18. The quantitative estimate of drug-likeness (QED) is 0.881. The zero-order chi connectivity index (χ0) is 14.7. The largest absolute Gasteiger partial charge is 0.351 e. The van der Waals surface area contributed by atoms with Gasteiger partial charge in [-0.15, -0.1) is 0 Å². The lowest BCUT2D eigenvalue weighted by Gasteiger charge is -2.35. The first-order valence-corrected chi connectivity index (χ1v) is 7.53. The number of aryl methyl sites for hydroxylation is 1. The van der Waals surface area contributed by atoms with Crippen molar-refractivity contribution in [3.05, 3.63) is 18.0 Å². The number of amides is 1. The molecule has 0 spiro atoms. The normalized spacial score (nSPS) is 24.6. The van der Waals surface area contributed by atoms with Crippen molar-refractivity contribution < 1.29 is 4.79 Å². The molecule has 0 aliphatic heterocycles. The van der Waals surface area contributed by atoms with Gasteiger partial charge in [0.1, 0.15) is 6.04 Å². The van der Waals surface area contributed by atoms with E-state index in [1.807, 2.05) is 7.05 Å². The maximum atomic E-state index is 12.3. The first kappa shape index (κ1) is 15.0. The molecule has 1 amide bonds. The number of rotatable bonds is 4. The highest BCUT2D eigenvalue weighted by molar-refractivity contribution is 5.83. The Kier molecular flexibility index (Phi) is 4.81. The zero-order valence-electron chi connectivity index (χ0n) is 12.7. The van der Waals surface area contributed by atoms with Crippen LogP contribution in [-0.4, -0.2) is 21.7 Å². The highest BCUT2D eigenvalue weighted by Crippen LogP contribution is 2.30. The van der Waals surface area contributed by atoms with Crippen LogP contribution < -0.4 is 11.1 Å². The van der Waals surface area contributed by atoms with Crippen molar-refractivity contribution in [3.8, 4) is 0 Å². The number of carbonyl (C=O) groups is 1. The van der Waals surface area contributed by atoms with Gasteiger partial charge in [0.05, 0.1) is 6.20 Å². The van der Waals surface area contributed by atoms with Crippen LogP contribution in [0, 0.1) is 11.8 Å². The van der Waals surface area contributed by atoms with Crippen LogP contribution in [0.15, 0.2) is 12.4 Å². The fourth-order valence-corrected chi connectivity index (χ4v) is 3.16. The first-order chi connectivity index (χ1) is 9.49. The van der Waals surface area contributed by atoms with E-state index in [0.29, 0.717) is 11.8 Å². The molecule has 3 atom stereocenters. The molecule has 0 bridgehead atoms. The molecule has 1 saturated carbocycles. The lowest BCUT2D eigenvalue weighted by molar-refractivity contribution is -0.124. The van der Waals surface area contributed by atoms with Crippen LogP contribution in [0.2, 0.25) is 0 Å². The summed E-state index contributed by atoms with van der Waals surface area (Å²) in [6.45, 7) is 4.46. The Bertz CT molecular complexity index is 454. The van der Waals surface area contributed by atoms with Crippen LogP contribution in [0.5, 0.6) is 0 Å². The van der Waals surface area contributed by atoms with Gasteiger partial charge in [0.25, 0.3) is 0 Å². The smallest absolute Gasteiger partial charge is 0.241 e. The second-order valence-corrected chi connectivity index (χ2v) is 6.23. The maximum absolute atomic E-state index is 12.3. The molecule has 1 heterocycles. The summed E-state index contributed by atoms with van der Waals surface area (Å²) in [5.74, 6) is 1.07. The summed E-state index contributed by atoms with van der Waals surface area (Å²) in [7, 11) is 1.82. The Balaban J connectivity index is 1.99. The fraction of sp³-hybridized carbons (Fsp3) is 0.733. The van der Waals surface area contributed by atoms with Crippen LogP contribution in [0.25, 0.3) is 0 Å². The summed E-state index contributed by atoms with van der Waals surface area (Å²) in [5.41, 5.74) is 6.79. The molecular weight excluding hydrogens is 252 g/mol. The number of nitrogens with one attached hydrogen (secondary N) is 1. The van der Waals surface area contributed by atoms with Crippen LogP contribution in [-0.2, 0) is 11.8 Å². The third-order valence-electron chi connectivity index (χ3n) is 4.37. The molecular formula is C15H26N4O. The van der Waals surface area contributed by atoms with E-state index in [1.165, 1.54) is 19.3 Å². The van der Waals surface area contributed by atoms with Gasteiger partial charge in [-0.2, -0.15) is 5.10 Å². The molecule has 0 saturated heterocycles. The van der Waals surface area contributed by atoms with Crippen LogP contribution >= 0.6 is 0 Å². The van der Waals surface area contributed by atoms with Crippen LogP contribution in [0.3, 0.4) is 0 Å². The zero-order valence-corrected chi connectivity index (χ0v) is 12.7. The Morgan fingerprint density at radius 1 is 1.45 bits per heavy atom. The molecule has 1 fully saturated rings. The first-order valence-electron chi connectivity index (χ1n) is 7.53. The average Bonchev–Trinajstić information content (AvgIpc) is 2.84. The Morgan fingerprint density at radius 3 is 2.75 bits per heavy atom. The lowest BCUT2D eigenvalue weighted by Crippen LogP contribution is -2.47. The van der Waals surface area contributed by atoms with E-state index in [0.717, 1.165) is 12.0 Å². The van der Waals surface area contributed by atoms with Gasteiger partial charge in [0.2, 0.25) is 5.91 Å². The lowest BCUT2D eigenvalue weighted by atomic mass is 9.77. The molecule has 3 unspecified atom stereocenters. The number of hydrogen-bond donors (Lipinski definition) is 2. The summed E-state index contributed by atoms with van der Waals surface area (Å²) in [5, 5.41) is 7.22. The van der Waals surface area contributed by atoms with Crippen molar-refractivity contribution >= 4 is 5.91 Å². The molecule has 112 valence electrons. The molecule has 2 rings (SSSR count). The summed E-state index contributed by atoms with van der Waals surface area (Å²) in [6, 6.07) is -0.364. The van der Waals surface area contributed by atoms with Crippen molar-refractivity contribution in [2.75, 3.05) is 0 Å². The van der Waals surface area contributed by atoms with Gasteiger partial charge in [-0.05, 0) is 24.7 Å². The summed E-state index contributed by atoms with van der Waals surface area (Å²) >= 11 is 0.